The fourth-order valence-corrected chi connectivity index (χ4v) is 2.59. The molecule has 1 amide bonds. The normalized spacial score (nSPS) is 10.1. The molecule has 0 unspecified atom stereocenters. The van der Waals surface area contributed by atoms with Crippen molar-refractivity contribution in [1.29, 1.82) is 0 Å². The Hall–Kier alpha value is -1.66. The molecule has 0 saturated carbocycles. The van der Waals surface area contributed by atoms with Crippen molar-refractivity contribution >= 4 is 44.8 Å². The molecule has 1 aromatic heterocycles. The average molecular weight is 354 g/mol. The largest absolute Gasteiger partial charge is 0.452 e. The van der Waals surface area contributed by atoms with Crippen molar-refractivity contribution in [2.75, 3.05) is 11.9 Å². The number of hydrogen-bond donors (Lipinski definition) is 1. The van der Waals surface area contributed by atoms with E-state index >= 15 is 0 Å². The van der Waals surface area contributed by atoms with Crippen LogP contribution in [0.4, 0.5) is 5.69 Å². The maximum absolute atomic E-state index is 11.6. The zero-order chi connectivity index (χ0) is 14.5. The molecule has 0 fully saturated rings. The van der Waals surface area contributed by atoms with Gasteiger partial charge in [-0.1, -0.05) is 17.7 Å². The molecule has 104 valence electrons. The van der Waals surface area contributed by atoms with Crippen molar-refractivity contribution < 1.29 is 14.3 Å². The highest BCUT2D eigenvalue weighted by Gasteiger charge is 2.11. The van der Waals surface area contributed by atoms with Gasteiger partial charge in [0.1, 0.15) is 0 Å². The topological polar surface area (TPSA) is 55.4 Å². The number of hydrogen-bond acceptors (Lipinski definition) is 4. The SMILES string of the molecule is Cc1ccc(NC(=O)COC(=O)c2csc(Br)c2)cc1. The molecule has 0 saturated heterocycles. The van der Waals surface area contributed by atoms with Crippen LogP contribution in [-0.4, -0.2) is 18.5 Å². The number of benzene rings is 1. The van der Waals surface area contributed by atoms with E-state index < -0.39 is 5.97 Å². The molecule has 1 heterocycles. The molecule has 4 nitrogen and oxygen atoms in total. The summed E-state index contributed by atoms with van der Waals surface area (Å²) in [6.45, 7) is 1.66. The van der Waals surface area contributed by atoms with Crippen molar-refractivity contribution in [3.63, 3.8) is 0 Å². The van der Waals surface area contributed by atoms with Gasteiger partial charge >= 0.3 is 5.97 Å². The van der Waals surface area contributed by atoms with E-state index in [4.69, 9.17) is 4.74 Å². The number of rotatable bonds is 4. The Morgan fingerprint density at radius 2 is 2.00 bits per heavy atom. The molecular formula is C14H12BrNO3S. The molecule has 2 aromatic rings. The predicted octanol–water partition coefficient (Wildman–Crippen LogP) is 3.61. The van der Waals surface area contributed by atoms with Crippen LogP contribution >= 0.6 is 27.3 Å². The summed E-state index contributed by atoms with van der Waals surface area (Å²) in [5, 5.41) is 4.33. The summed E-state index contributed by atoms with van der Waals surface area (Å²) in [7, 11) is 0. The minimum atomic E-state index is -0.508. The summed E-state index contributed by atoms with van der Waals surface area (Å²) >= 11 is 4.65. The highest BCUT2D eigenvalue weighted by molar-refractivity contribution is 9.11. The monoisotopic (exact) mass is 353 g/mol. The zero-order valence-electron chi connectivity index (χ0n) is 10.7. The smallest absolute Gasteiger partial charge is 0.339 e. The highest BCUT2D eigenvalue weighted by atomic mass is 79.9. The Morgan fingerprint density at radius 1 is 1.30 bits per heavy atom. The fraction of sp³-hybridized carbons (Fsp3) is 0.143. The van der Waals surface area contributed by atoms with Crippen LogP contribution in [-0.2, 0) is 9.53 Å². The van der Waals surface area contributed by atoms with Crippen molar-refractivity contribution in [3.05, 3.63) is 50.6 Å². The Morgan fingerprint density at radius 3 is 2.60 bits per heavy atom. The first-order valence-electron chi connectivity index (χ1n) is 5.82. The Bertz CT molecular complexity index is 622. The second kappa shape index (κ2) is 6.67. The first-order chi connectivity index (χ1) is 9.54. The lowest BCUT2D eigenvalue weighted by Gasteiger charge is -2.06. The number of ether oxygens (including phenoxy) is 1. The van der Waals surface area contributed by atoms with Gasteiger partial charge in [-0.25, -0.2) is 4.79 Å². The third-order valence-electron chi connectivity index (χ3n) is 2.47. The van der Waals surface area contributed by atoms with Crippen molar-refractivity contribution in [3.8, 4) is 0 Å². The maximum Gasteiger partial charge on any atom is 0.339 e. The van der Waals surface area contributed by atoms with E-state index in [1.54, 1.807) is 23.6 Å². The van der Waals surface area contributed by atoms with Crippen LogP contribution < -0.4 is 5.32 Å². The first kappa shape index (κ1) is 14.7. The predicted molar refractivity (Wildman–Crippen MR) is 82.1 cm³/mol. The van der Waals surface area contributed by atoms with Crippen LogP contribution in [0.15, 0.2) is 39.5 Å². The van der Waals surface area contributed by atoms with Gasteiger partial charge in [-0.3, -0.25) is 4.79 Å². The number of halogens is 1. The lowest BCUT2D eigenvalue weighted by atomic mass is 10.2. The van der Waals surface area contributed by atoms with Gasteiger partial charge in [0.15, 0.2) is 6.61 Å². The van der Waals surface area contributed by atoms with Gasteiger partial charge in [0.2, 0.25) is 0 Å². The lowest BCUT2D eigenvalue weighted by Crippen LogP contribution is -2.20. The summed E-state index contributed by atoms with van der Waals surface area (Å²) in [5.74, 6) is -0.873. The van der Waals surface area contributed by atoms with Gasteiger partial charge in [0.25, 0.3) is 5.91 Å². The summed E-state index contributed by atoms with van der Waals surface area (Å²) < 4.78 is 5.78. The number of carbonyl (C=O) groups excluding carboxylic acids is 2. The van der Waals surface area contributed by atoms with E-state index in [0.29, 0.717) is 11.3 Å². The minimum Gasteiger partial charge on any atom is -0.452 e. The summed E-state index contributed by atoms with van der Waals surface area (Å²) in [6, 6.07) is 9.04. The molecule has 0 aliphatic carbocycles. The molecule has 1 N–H and O–H groups in total. The summed E-state index contributed by atoms with van der Waals surface area (Å²) in [6.07, 6.45) is 0. The molecule has 20 heavy (non-hydrogen) atoms. The fourth-order valence-electron chi connectivity index (χ4n) is 1.47. The minimum absolute atomic E-state index is 0.305. The molecule has 0 radical (unpaired) electrons. The van der Waals surface area contributed by atoms with Crippen molar-refractivity contribution in [1.82, 2.24) is 0 Å². The number of carbonyl (C=O) groups is 2. The maximum atomic E-state index is 11.6. The Labute approximate surface area is 128 Å². The van der Waals surface area contributed by atoms with Gasteiger partial charge in [-0.15, -0.1) is 11.3 Å². The third kappa shape index (κ3) is 4.18. The Kier molecular flexibility index (Phi) is 4.92. The third-order valence-corrected chi connectivity index (χ3v) is 3.98. The van der Waals surface area contributed by atoms with Gasteiger partial charge in [-0.2, -0.15) is 0 Å². The first-order valence-corrected chi connectivity index (χ1v) is 7.49. The molecule has 6 heteroatoms. The van der Waals surface area contributed by atoms with E-state index in [1.807, 2.05) is 19.1 Å². The standard InChI is InChI=1S/C14H12BrNO3S/c1-9-2-4-11(5-3-9)16-13(17)7-19-14(18)10-6-12(15)20-8-10/h2-6,8H,7H2,1H3,(H,16,17). The van der Waals surface area contributed by atoms with E-state index in [-0.39, 0.29) is 12.5 Å². The molecule has 0 aliphatic heterocycles. The lowest BCUT2D eigenvalue weighted by molar-refractivity contribution is -0.119. The quantitative estimate of drug-likeness (QED) is 0.854. The number of anilines is 1. The number of aryl methyl sites for hydroxylation is 1. The van der Waals surface area contributed by atoms with Crippen LogP contribution in [0.2, 0.25) is 0 Å². The molecule has 0 bridgehead atoms. The number of esters is 1. The molecule has 2 rings (SSSR count). The van der Waals surface area contributed by atoms with E-state index in [2.05, 4.69) is 21.2 Å². The summed E-state index contributed by atoms with van der Waals surface area (Å²) in [5.41, 5.74) is 2.22. The Balaban J connectivity index is 1.83. The van der Waals surface area contributed by atoms with E-state index in [9.17, 15) is 9.59 Å². The highest BCUT2D eigenvalue weighted by Crippen LogP contribution is 2.21. The number of nitrogens with one attached hydrogen (secondary N) is 1. The van der Waals surface area contributed by atoms with E-state index in [0.717, 1.165) is 9.35 Å². The number of amides is 1. The molecular weight excluding hydrogens is 342 g/mol. The molecule has 0 aliphatic rings. The van der Waals surface area contributed by atoms with Gasteiger partial charge in [0, 0.05) is 11.1 Å². The van der Waals surface area contributed by atoms with Gasteiger partial charge in [0.05, 0.1) is 9.35 Å². The second-order valence-electron chi connectivity index (χ2n) is 4.13. The van der Waals surface area contributed by atoms with E-state index in [1.165, 1.54) is 11.3 Å². The molecule has 1 aromatic carbocycles. The number of thiophene rings is 1. The molecule has 0 spiro atoms. The van der Waals surface area contributed by atoms with Crippen molar-refractivity contribution in [2.45, 2.75) is 6.92 Å². The van der Waals surface area contributed by atoms with Crippen LogP contribution in [0.3, 0.4) is 0 Å². The second-order valence-corrected chi connectivity index (χ2v) is 6.42. The average Bonchev–Trinajstić information content (AvgIpc) is 2.85. The van der Waals surface area contributed by atoms with Gasteiger partial charge in [-0.05, 0) is 41.1 Å². The van der Waals surface area contributed by atoms with Crippen LogP contribution in [0.5, 0.6) is 0 Å². The summed E-state index contributed by atoms with van der Waals surface area (Å²) in [4.78, 5) is 23.3. The van der Waals surface area contributed by atoms with Crippen molar-refractivity contribution in [2.24, 2.45) is 0 Å². The molecule has 0 atom stereocenters. The van der Waals surface area contributed by atoms with Crippen LogP contribution in [0.25, 0.3) is 0 Å². The zero-order valence-corrected chi connectivity index (χ0v) is 13.1. The van der Waals surface area contributed by atoms with Crippen LogP contribution in [0.1, 0.15) is 15.9 Å². The van der Waals surface area contributed by atoms with Crippen LogP contribution in [0, 0.1) is 6.92 Å². The van der Waals surface area contributed by atoms with Gasteiger partial charge < -0.3 is 10.1 Å².